The Balaban J connectivity index is 2.82. The first-order valence-electron chi connectivity index (χ1n) is 5.49. The highest BCUT2D eigenvalue weighted by molar-refractivity contribution is 5.20. The van der Waals surface area contributed by atoms with Crippen LogP contribution >= 0.6 is 0 Å². The average Bonchev–Trinajstić information content (AvgIpc) is 2.30. The van der Waals surface area contributed by atoms with Crippen molar-refractivity contribution in [1.29, 1.82) is 0 Å². The van der Waals surface area contributed by atoms with Crippen molar-refractivity contribution in [2.45, 2.75) is 32.7 Å². The van der Waals surface area contributed by atoms with Crippen LogP contribution in [0.2, 0.25) is 0 Å². The smallest absolute Gasteiger partial charge is 0.162 e. The molecule has 1 aromatic carbocycles. The van der Waals surface area contributed by atoms with E-state index in [0.29, 0.717) is 17.9 Å². The molecule has 0 aliphatic heterocycles. The van der Waals surface area contributed by atoms with Crippen LogP contribution in [0.1, 0.15) is 25.8 Å². The van der Waals surface area contributed by atoms with Gasteiger partial charge in [0.25, 0.3) is 0 Å². The third-order valence-corrected chi connectivity index (χ3v) is 3.02. The van der Waals surface area contributed by atoms with Crippen LogP contribution in [0.25, 0.3) is 0 Å². The molecule has 1 aromatic rings. The van der Waals surface area contributed by atoms with Gasteiger partial charge in [-0.05, 0) is 24.0 Å². The molecule has 0 aliphatic carbocycles. The maximum atomic E-state index is 13.4. The van der Waals surface area contributed by atoms with E-state index in [4.69, 9.17) is 5.84 Å². The normalized spacial score (nSPS) is 14.8. The number of rotatable bonds is 5. The molecule has 3 N–H and O–H groups in total. The number of benzene rings is 1. The van der Waals surface area contributed by atoms with E-state index in [0.717, 1.165) is 12.5 Å². The summed E-state index contributed by atoms with van der Waals surface area (Å²) in [5.41, 5.74) is 3.02. The number of nitrogens with one attached hydrogen (secondary N) is 1. The Hall–Kier alpha value is -1.00. The number of hydrazine groups is 1. The Bertz CT molecular complexity index is 342. The van der Waals surface area contributed by atoms with Crippen molar-refractivity contribution in [3.63, 3.8) is 0 Å². The van der Waals surface area contributed by atoms with E-state index in [1.165, 1.54) is 6.07 Å². The summed E-state index contributed by atoms with van der Waals surface area (Å²) in [4.78, 5) is 0. The van der Waals surface area contributed by atoms with Gasteiger partial charge in [0.15, 0.2) is 11.6 Å². The molecule has 0 aliphatic rings. The zero-order valence-electron chi connectivity index (χ0n) is 9.63. The summed E-state index contributed by atoms with van der Waals surface area (Å²) < 4.78 is 26.4. The Kier molecular flexibility index (Phi) is 4.83. The van der Waals surface area contributed by atoms with Gasteiger partial charge >= 0.3 is 0 Å². The van der Waals surface area contributed by atoms with Gasteiger partial charge in [-0.15, -0.1) is 0 Å². The maximum absolute atomic E-state index is 13.4. The Morgan fingerprint density at radius 2 is 2.06 bits per heavy atom. The molecule has 0 fully saturated rings. The van der Waals surface area contributed by atoms with Gasteiger partial charge in [-0.1, -0.05) is 32.4 Å². The molecule has 0 saturated carbocycles. The molecular weight excluding hydrogens is 210 g/mol. The van der Waals surface area contributed by atoms with Gasteiger partial charge in [0.05, 0.1) is 0 Å². The molecule has 0 bridgehead atoms. The van der Waals surface area contributed by atoms with Gasteiger partial charge in [-0.25, -0.2) is 8.78 Å². The first kappa shape index (κ1) is 13.1. The molecule has 0 radical (unpaired) electrons. The zero-order valence-corrected chi connectivity index (χ0v) is 9.63. The van der Waals surface area contributed by atoms with Crippen molar-refractivity contribution >= 4 is 0 Å². The van der Waals surface area contributed by atoms with E-state index in [1.54, 1.807) is 6.07 Å². The Morgan fingerprint density at radius 3 is 2.62 bits per heavy atom. The van der Waals surface area contributed by atoms with Crippen LogP contribution in [-0.2, 0) is 6.42 Å². The third kappa shape index (κ3) is 3.00. The molecule has 0 spiro atoms. The predicted octanol–water partition coefficient (Wildman–Crippen LogP) is 2.39. The second-order valence-electron chi connectivity index (χ2n) is 4.08. The zero-order chi connectivity index (χ0) is 12.1. The lowest BCUT2D eigenvalue weighted by atomic mass is 9.93. The lowest BCUT2D eigenvalue weighted by molar-refractivity contribution is 0.364. The second-order valence-corrected chi connectivity index (χ2v) is 4.08. The molecule has 0 saturated heterocycles. The molecule has 4 heteroatoms. The minimum absolute atomic E-state index is 0.0405. The van der Waals surface area contributed by atoms with E-state index in [9.17, 15) is 8.78 Å². The molecular formula is C12H18F2N2. The molecule has 16 heavy (non-hydrogen) atoms. The molecule has 1 rings (SSSR count). The molecule has 0 amide bonds. The van der Waals surface area contributed by atoms with Gasteiger partial charge in [0, 0.05) is 6.04 Å². The van der Waals surface area contributed by atoms with Crippen LogP contribution in [0.4, 0.5) is 8.78 Å². The van der Waals surface area contributed by atoms with Gasteiger partial charge in [-0.3, -0.25) is 11.3 Å². The fourth-order valence-corrected chi connectivity index (χ4v) is 1.65. The topological polar surface area (TPSA) is 38.0 Å². The van der Waals surface area contributed by atoms with Crippen LogP contribution < -0.4 is 11.3 Å². The van der Waals surface area contributed by atoms with Crippen molar-refractivity contribution in [2.75, 3.05) is 0 Å². The highest BCUT2D eigenvalue weighted by atomic mass is 19.2. The lowest BCUT2D eigenvalue weighted by Crippen LogP contribution is -2.41. The molecule has 2 atom stereocenters. The van der Waals surface area contributed by atoms with Crippen molar-refractivity contribution in [3.05, 3.63) is 35.4 Å². The Labute approximate surface area is 94.8 Å². The number of hydrogen-bond acceptors (Lipinski definition) is 2. The van der Waals surface area contributed by atoms with Crippen molar-refractivity contribution in [1.82, 2.24) is 5.43 Å². The minimum atomic E-state index is -0.808. The average molecular weight is 228 g/mol. The highest BCUT2D eigenvalue weighted by Gasteiger charge is 2.17. The molecule has 2 unspecified atom stereocenters. The largest absolute Gasteiger partial charge is 0.271 e. The van der Waals surface area contributed by atoms with Crippen LogP contribution in [-0.4, -0.2) is 6.04 Å². The summed E-state index contributed by atoms with van der Waals surface area (Å²) >= 11 is 0. The van der Waals surface area contributed by atoms with E-state index in [-0.39, 0.29) is 6.04 Å². The first-order valence-corrected chi connectivity index (χ1v) is 5.49. The van der Waals surface area contributed by atoms with Crippen molar-refractivity contribution in [2.24, 2.45) is 11.8 Å². The highest BCUT2D eigenvalue weighted by Crippen LogP contribution is 2.17. The fourth-order valence-electron chi connectivity index (χ4n) is 1.65. The van der Waals surface area contributed by atoms with Gasteiger partial charge in [0.1, 0.15) is 0 Å². The van der Waals surface area contributed by atoms with Crippen LogP contribution in [0.15, 0.2) is 18.2 Å². The number of halogens is 2. The standard InChI is InChI=1S/C12H18F2N2/c1-3-8(2)11(16-15)7-9-5-4-6-10(13)12(9)14/h4-6,8,11,16H,3,7,15H2,1-2H3. The minimum Gasteiger partial charge on any atom is -0.271 e. The van der Waals surface area contributed by atoms with Crippen molar-refractivity contribution < 1.29 is 8.78 Å². The quantitative estimate of drug-likeness (QED) is 0.600. The van der Waals surface area contributed by atoms with E-state index in [2.05, 4.69) is 5.43 Å². The fraction of sp³-hybridized carbons (Fsp3) is 0.500. The number of hydrogen-bond donors (Lipinski definition) is 2. The number of nitrogens with two attached hydrogens (primary N) is 1. The van der Waals surface area contributed by atoms with E-state index in [1.807, 2.05) is 13.8 Å². The van der Waals surface area contributed by atoms with Crippen molar-refractivity contribution in [3.8, 4) is 0 Å². The molecule has 0 aromatic heterocycles. The van der Waals surface area contributed by atoms with Crippen LogP contribution in [0.5, 0.6) is 0 Å². The van der Waals surface area contributed by atoms with Gasteiger partial charge < -0.3 is 0 Å². The van der Waals surface area contributed by atoms with Gasteiger partial charge in [0.2, 0.25) is 0 Å². The summed E-state index contributed by atoms with van der Waals surface area (Å²) in [7, 11) is 0. The Morgan fingerprint density at radius 1 is 1.38 bits per heavy atom. The monoisotopic (exact) mass is 228 g/mol. The summed E-state index contributed by atoms with van der Waals surface area (Å²) in [5.74, 6) is 4.15. The third-order valence-electron chi connectivity index (χ3n) is 3.02. The lowest BCUT2D eigenvalue weighted by Gasteiger charge is -2.22. The maximum Gasteiger partial charge on any atom is 0.162 e. The second kappa shape index (κ2) is 5.92. The van der Waals surface area contributed by atoms with Gasteiger partial charge in [-0.2, -0.15) is 0 Å². The summed E-state index contributed by atoms with van der Waals surface area (Å²) in [6.45, 7) is 4.07. The van der Waals surface area contributed by atoms with Crippen LogP contribution in [0.3, 0.4) is 0 Å². The SMILES string of the molecule is CCC(C)C(Cc1cccc(F)c1F)NN. The van der Waals surface area contributed by atoms with E-state index < -0.39 is 11.6 Å². The predicted molar refractivity (Wildman–Crippen MR) is 60.6 cm³/mol. The van der Waals surface area contributed by atoms with Crippen LogP contribution in [0, 0.1) is 17.6 Å². The summed E-state index contributed by atoms with van der Waals surface area (Å²) in [6, 6.07) is 4.18. The van der Waals surface area contributed by atoms with E-state index >= 15 is 0 Å². The first-order chi connectivity index (χ1) is 7.60. The summed E-state index contributed by atoms with van der Waals surface area (Å²) in [6.07, 6.45) is 1.33. The molecule has 90 valence electrons. The molecule has 0 heterocycles. The molecule has 2 nitrogen and oxygen atoms in total. The summed E-state index contributed by atoms with van der Waals surface area (Å²) in [5, 5.41) is 0.